The van der Waals surface area contributed by atoms with E-state index in [-0.39, 0.29) is 17.8 Å². The lowest BCUT2D eigenvalue weighted by Gasteiger charge is -2.27. The fourth-order valence-corrected chi connectivity index (χ4v) is 5.77. The van der Waals surface area contributed by atoms with Gasteiger partial charge in [-0.25, -0.2) is 9.88 Å². The molecule has 216 valence electrons. The van der Waals surface area contributed by atoms with Gasteiger partial charge in [0, 0.05) is 18.2 Å². The predicted octanol–water partition coefficient (Wildman–Crippen LogP) is 2.48. The minimum absolute atomic E-state index is 0.202. The first-order chi connectivity index (χ1) is 18.7. The first kappa shape index (κ1) is 31.1. The van der Waals surface area contributed by atoms with Gasteiger partial charge in [-0.3, -0.25) is 19.1 Å². The molecule has 2 heterocycles. The van der Waals surface area contributed by atoms with E-state index in [9.17, 15) is 24.6 Å². The van der Waals surface area contributed by atoms with Gasteiger partial charge in [0.05, 0.1) is 6.10 Å². The number of aliphatic hydroxyl groups excluding tert-OH is 1. The number of hydrogen-bond donors (Lipinski definition) is 4. The van der Waals surface area contributed by atoms with Gasteiger partial charge in [0.25, 0.3) is 5.56 Å². The zero-order valence-electron chi connectivity index (χ0n) is 22.6. The molecule has 4 atom stereocenters. The quantitative estimate of drug-likeness (QED) is 0.182. The molecule has 0 saturated heterocycles. The Morgan fingerprint density at radius 3 is 2.50 bits per heavy atom. The number of nitrogens with one attached hydrogen (secondary N) is 2. The second kappa shape index (κ2) is 12.8. The molecule has 14 heteroatoms. The first-order valence-corrected chi connectivity index (χ1v) is 15.0. The molecule has 40 heavy (non-hydrogen) atoms. The number of aromatic nitrogens is 2. The van der Waals surface area contributed by atoms with Crippen LogP contribution >= 0.6 is 6.64 Å². The molecule has 0 spiro atoms. The van der Waals surface area contributed by atoms with E-state index in [1.165, 1.54) is 6.92 Å². The molecule has 1 aromatic heterocycles. The van der Waals surface area contributed by atoms with Crippen molar-refractivity contribution in [3.05, 3.63) is 75.0 Å². The Morgan fingerprint density at radius 2 is 1.90 bits per heavy atom. The highest BCUT2D eigenvalue weighted by atomic mass is 32.5. The fraction of sp³-hybridized carbons (Fsp3) is 0.423. The topological polar surface area (TPSA) is 161 Å². The molecule has 4 N–H and O–H groups in total. The van der Waals surface area contributed by atoms with Gasteiger partial charge < -0.3 is 28.7 Å². The lowest BCUT2D eigenvalue weighted by Crippen LogP contribution is -2.43. The lowest BCUT2D eigenvalue weighted by atomic mass is 9.99. The van der Waals surface area contributed by atoms with Crippen molar-refractivity contribution < 1.29 is 33.5 Å². The highest BCUT2D eigenvalue weighted by Crippen LogP contribution is 2.47. The maximum atomic E-state index is 12.5. The third-order valence-electron chi connectivity index (χ3n) is 5.28. The number of ether oxygens (including phenoxy) is 2. The molecular weight excluding hydrogens is 561 g/mol. The van der Waals surface area contributed by atoms with E-state index in [2.05, 4.69) is 21.9 Å². The molecule has 0 radical (unpaired) electrons. The summed E-state index contributed by atoms with van der Waals surface area (Å²) in [4.78, 5) is 38.6. The summed E-state index contributed by atoms with van der Waals surface area (Å²) in [6, 6.07) is 8.64. The molecule has 2 unspecified atom stereocenters. The second-order valence-corrected chi connectivity index (χ2v) is 12.6. The normalized spacial score (nSPS) is 20.9. The monoisotopic (exact) mass is 593 g/mol. The molecule has 2 aromatic rings. The van der Waals surface area contributed by atoms with Crippen molar-refractivity contribution in [2.24, 2.45) is 5.92 Å². The van der Waals surface area contributed by atoms with Crippen LogP contribution in [0.3, 0.4) is 0 Å². The van der Waals surface area contributed by atoms with Gasteiger partial charge in [-0.05, 0) is 44.7 Å². The average molecular weight is 594 g/mol. The van der Waals surface area contributed by atoms with Crippen LogP contribution in [-0.2, 0) is 30.6 Å². The second-order valence-electron chi connectivity index (χ2n) is 9.46. The van der Waals surface area contributed by atoms with Crippen LogP contribution < -0.4 is 20.9 Å². The molecule has 12 nitrogen and oxygen atoms in total. The standard InChI is InChI=1S/C26H32N3O9PS/c1-16(2)11-13-26(34)22(31)20(37-24(26)29-14-12-21(30)27-25(29)33)15-35-39(40,38-19-9-7-6-8-10-19)28-18(5)23(32)36-17(3)4/h6-10,12,14,16-18,24,31,34H,15H2,1-5H3,(H,28,40)(H,27,30,33)/t18?,24-,26-,39?/m1/s1. The van der Waals surface area contributed by atoms with Crippen molar-refractivity contribution in [2.45, 2.75) is 58.6 Å². The van der Waals surface area contributed by atoms with E-state index < -0.39 is 54.1 Å². The van der Waals surface area contributed by atoms with Crippen molar-refractivity contribution in [1.82, 2.24) is 14.6 Å². The van der Waals surface area contributed by atoms with E-state index in [0.717, 1.165) is 16.8 Å². The van der Waals surface area contributed by atoms with E-state index in [0.29, 0.717) is 5.75 Å². The number of H-pyrrole nitrogens is 1. The van der Waals surface area contributed by atoms with Crippen LogP contribution in [0.2, 0.25) is 0 Å². The van der Waals surface area contributed by atoms with Crippen molar-refractivity contribution in [1.29, 1.82) is 0 Å². The van der Waals surface area contributed by atoms with E-state index in [4.69, 9.17) is 30.3 Å². The Balaban J connectivity index is 1.94. The third kappa shape index (κ3) is 7.62. The van der Waals surface area contributed by atoms with Gasteiger partial charge in [-0.1, -0.05) is 43.9 Å². The SMILES string of the molecule is CC(C)C#C[C@@]1(O)C(O)=C(COP(=S)(NC(C)C(=O)OC(C)C)Oc2ccccc2)O[C@H]1n1ccc(=O)[nH]c1=O. The van der Waals surface area contributed by atoms with Crippen LogP contribution in [0, 0.1) is 17.8 Å². The van der Waals surface area contributed by atoms with Gasteiger partial charge in [0.15, 0.2) is 11.5 Å². The molecular formula is C26H32N3O9PS. The molecule has 0 bridgehead atoms. The summed E-state index contributed by atoms with van der Waals surface area (Å²) in [5, 5.41) is 25.3. The highest BCUT2D eigenvalue weighted by molar-refractivity contribution is 8.09. The Morgan fingerprint density at radius 1 is 1.23 bits per heavy atom. The summed E-state index contributed by atoms with van der Waals surface area (Å²) < 4.78 is 23.7. The van der Waals surface area contributed by atoms with Gasteiger partial charge in [-0.15, -0.1) is 0 Å². The zero-order chi connectivity index (χ0) is 29.7. The number of carbonyl (C=O) groups is 1. The van der Waals surface area contributed by atoms with Crippen LogP contribution in [0.15, 0.2) is 63.7 Å². The van der Waals surface area contributed by atoms with Crippen molar-refractivity contribution in [2.75, 3.05) is 6.61 Å². The average Bonchev–Trinajstić information content (AvgIpc) is 3.12. The predicted molar refractivity (Wildman–Crippen MR) is 150 cm³/mol. The number of carbonyl (C=O) groups excluding carboxylic acids is 1. The first-order valence-electron chi connectivity index (χ1n) is 12.4. The Hall–Kier alpha value is -3.40. The van der Waals surface area contributed by atoms with Gasteiger partial charge in [-0.2, -0.15) is 0 Å². The van der Waals surface area contributed by atoms with E-state index in [1.807, 2.05) is 0 Å². The summed E-state index contributed by atoms with van der Waals surface area (Å²) in [6.07, 6.45) is -0.822. The number of para-hydroxylation sites is 1. The molecule has 0 aliphatic carbocycles. The minimum atomic E-state index is -3.53. The van der Waals surface area contributed by atoms with Crippen molar-refractivity contribution >= 4 is 24.4 Å². The Labute approximate surface area is 236 Å². The number of esters is 1. The van der Waals surface area contributed by atoms with Gasteiger partial charge in [0.2, 0.25) is 11.8 Å². The van der Waals surface area contributed by atoms with E-state index in [1.54, 1.807) is 58.0 Å². The molecule has 3 rings (SSSR count). The maximum Gasteiger partial charge on any atom is 0.331 e. The summed E-state index contributed by atoms with van der Waals surface area (Å²) in [5.41, 5.74) is -3.92. The molecule has 1 aliphatic rings. The van der Waals surface area contributed by atoms with Crippen LogP contribution in [-0.4, -0.2) is 50.1 Å². The van der Waals surface area contributed by atoms with Gasteiger partial charge in [0.1, 0.15) is 18.4 Å². The summed E-state index contributed by atoms with van der Waals surface area (Å²) in [7, 11) is 0. The van der Waals surface area contributed by atoms with Crippen LogP contribution in [0.5, 0.6) is 5.75 Å². The molecule has 0 fully saturated rings. The lowest BCUT2D eigenvalue weighted by molar-refractivity contribution is -0.149. The van der Waals surface area contributed by atoms with Gasteiger partial charge >= 0.3 is 18.3 Å². The third-order valence-corrected chi connectivity index (χ3v) is 7.76. The minimum Gasteiger partial charge on any atom is -0.505 e. The smallest absolute Gasteiger partial charge is 0.331 e. The number of rotatable bonds is 10. The Kier molecular flexibility index (Phi) is 10.00. The number of benzene rings is 1. The van der Waals surface area contributed by atoms with E-state index >= 15 is 0 Å². The highest BCUT2D eigenvalue weighted by Gasteiger charge is 2.52. The number of aliphatic hydroxyl groups is 2. The summed E-state index contributed by atoms with van der Waals surface area (Å²) >= 11 is 5.67. The number of hydrogen-bond acceptors (Lipinski definition) is 10. The Bertz CT molecular complexity index is 1480. The number of aromatic amines is 1. The summed E-state index contributed by atoms with van der Waals surface area (Å²) in [6.45, 7) is 4.42. The largest absolute Gasteiger partial charge is 0.505 e. The number of nitrogens with zero attached hydrogens (tertiary/aromatic N) is 1. The molecule has 1 aliphatic heterocycles. The van der Waals surface area contributed by atoms with Crippen molar-refractivity contribution in [3.63, 3.8) is 0 Å². The molecule has 0 saturated carbocycles. The fourth-order valence-electron chi connectivity index (χ4n) is 3.43. The van der Waals surface area contributed by atoms with Crippen LogP contribution in [0.25, 0.3) is 0 Å². The summed E-state index contributed by atoms with van der Waals surface area (Å²) in [5.74, 6) is 3.91. The molecule has 0 amide bonds. The maximum absolute atomic E-state index is 12.5. The zero-order valence-corrected chi connectivity index (χ0v) is 24.3. The van der Waals surface area contributed by atoms with Crippen LogP contribution in [0.1, 0.15) is 40.8 Å². The molecule has 1 aromatic carbocycles. The van der Waals surface area contributed by atoms with Crippen LogP contribution in [0.4, 0.5) is 0 Å². The van der Waals surface area contributed by atoms with Crippen molar-refractivity contribution in [3.8, 4) is 17.6 Å².